The van der Waals surface area contributed by atoms with E-state index in [2.05, 4.69) is 68.8 Å². The standard InChI is InChI=1S/C19H28N2/c1-7-21-19-11-8-15(4)12-18(19)13-17(14(2)3)10-9-16(5)20-6/h7-8,11-14,20-21H,1,5,9-10H2,2-4,6H3/b17-13-. The number of aryl methyl sites for hydroxylation is 1. The van der Waals surface area contributed by atoms with Crippen molar-refractivity contribution in [1.29, 1.82) is 0 Å². The van der Waals surface area contributed by atoms with Crippen molar-refractivity contribution in [1.82, 2.24) is 5.32 Å². The van der Waals surface area contributed by atoms with Gasteiger partial charge in [0.2, 0.25) is 0 Å². The zero-order chi connectivity index (χ0) is 15.8. The Morgan fingerprint density at radius 2 is 2.00 bits per heavy atom. The van der Waals surface area contributed by atoms with Gasteiger partial charge in [0, 0.05) is 18.4 Å². The molecule has 0 atom stereocenters. The van der Waals surface area contributed by atoms with Crippen LogP contribution >= 0.6 is 0 Å². The number of benzene rings is 1. The van der Waals surface area contributed by atoms with Gasteiger partial charge in [-0.05, 0) is 49.6 Å². The zero-order valence-corrected chi connectivity index (χ0v) is 13.8. The van der Waals surface area contributed by atoms with E-state index in [1.54, 1.807) is 6.20 Å². The van der Waals surface area contributed by atoms with E-state index < -0.39 is 0 Å². The second-order valence-corrected chi connectivity index (χ2v) is 5.67. The van der Waals surface area contributed by atoms with Crippen LogP contribution < -0.4 is 10.6 Å². The first-order valence-corrected chi connectivity index (χ1v) is 7.52. The lowest BCUT2D eigenvalue weighted by atomic mass is 9.94. The number of rotatable bonds is 8. The molecular weight excluding hydrogens is 256 g/mol. The maximum absolute atomic E-state index is 4.01. The van der Waals surface area contributed by atoms with E-state index >= 15 is 0 Å². The van der Waals surface area contributed by atoms with E-state index in [0.717, 1.165) is 24.2 Å². The highest BCUT2D eigenvalue weighted by atomic mass is 14.8. The van der Waals surface area contributed by atoms with E-state index in [0.29, 0.717) is 5.92 Å². The van der Waals surface area contributed by atoms with Crippen molar-refractivity contribution in [3.05, 3.63) is 60.0 Å². The smallest absolute Gasteiger partial charge is 0.0453 e. The van der Waals surface area contributed by atoms with E-state index in [1.165, 1.54) is 16.7 Å². The molecule has 21 heavy (non-hydrogen) atoms. The van der Waals surface area contributed by atoms with Gasteiger partial charge in [0.1, 0.15) is 0 Å². The molecule has 0 saturated heterocycles. The Hall–Kier alpha value is -1.96. The molecule has 0 fully saturated rings. The van der Waals surface area contributed by atoms with Crippen LogP contribution in [0.5, 0.6) is 0 Å². The first kappa shape index (κ1) is 17.1. The molecule has 0 heterocycles. The summed E-state index contributed by atoms with van der Waals surface area (Å²) in [6.45, 7) is 14.4. The maximum atomic E-state index is 4.01. The molecule has 2 nitrogen and oxygen atoms in total. The van der Waals surface area contributed by atoms with Crippen LogP contribution in [-0.4, -0.2) is 7.05 Å². The summed E-state index contributed by atoms with van der Waals surface area (Å²) in [5.74, 6) is 0.520. The fourth-order valence-electron chi connectivity index (χ4n) is 2.19. The highest BCUT2D eigenvalue weighted by Gasteiger charge is 2.07. The molecule has 0 aliphatic rings. The van der Waals surface area contributed by atoms with Crippen LogP contribution in [0.3, 0.4) is 0 Å². The molecule has 0 bridgehead atoms. The summed E-state index contributed by atoms with van der Waals surface area (Å²) in [5, 5.41) is 6.33. The minimum Gasteiger partial charge on any atom is -0.392 e. The Balaban J connectivity index is 3.06. The molecule has 0 radical (unpaired) electrons. The minimum absolute atomic E-state index is 0.520. The summed E-state index contributed by atoms with van der Waals surface area (Å²) in [6.07, 6.45) is 6.02. The molecule has 0 spiro atoms. The molecule has 2 heteroatoms. The third kappa shape index (κ3) is 5.50. The van der Waals surface area contributed by atoms with Crippen LogP contribution in [0.1, 0.15) is 37.8 Å². The van der Waals surface area contributed by atoms with Gasteiger partial charge in [-0.1, -0.05) is 50.3 Å². The van der Waals surface area contributed by atoms with Crippen LogP contribution in [-0.2, 0) is 0 Å². The summed E-state index contributed by atoms with van der Waals surface area (Å²) >= 11 is 0. The van der Waals surface area contributed by atoms with Crippen molar-refractivity contribution >= 4 is 11.8 Å². The molecular formula is C19H28N2. The molecule has 114 valence electrons. The second-order valence-electron chi connectivity index (χ2n) is 5.67. The Morgan fingerprint density at radius 3 is 2.57 bits per heavy atom. The van der Waals surface area contributed by atoms with Crippen LogP contribution in [0, 0.1) is 12.8 Å². The van der Waals surface area contributed by atoms with Gasteiger partial charge in [-0.25, -0.2) is 0 Å². The lowest BCUT2D eigenvalue weighted by molar-refractivity contribution is 0.702. The Labute approximate surface area is 129 Å². The van der Waals surface area contributed by atoms with Gasteiger partial charge in [-0.2, -0.15) is 0 Å². The molecule has 0 saturated carbocycles. The molecule has 1 rings (SSSR count). The van der Waals surface area contributed by atoms with Gasteiger partial charge in [-0.3, -0.25) is 0 Å². The lowest BCUT2D eigenvalue weighted by Gasteiger charge is -2.15. The predicted molar refractivity (Wildman–Crippen MR) is 95.2 cm³/mol. The SMILES string of the molecule is C=CNc1ccc(C)cc1/C=C(/CCC(=C)NC)C(C)C. The molecule has 1 aromatic carbocycles. The molecule has 2 N–H and O–H groups in total. The van der Waals surface area contributed by atoms with Crippen molar-refractivity contribution in [3.63, 3.8) is 0 Å². The summed E-state index contributed by atoms with van der Waals surface area (Å²) in [6, 6.07) is 6.43. The van der Waals surface area contributed by atoms with Crippen molar-refractivity contribution < 1.29 is 0 Å². The fraction of sp³-hybridized carbons (Fsp3) is 0.368. The van der Waals surface area contributed by atoms with Crippen LogP contribution in [0.2, 0.25) is 0 Å². The van der Waals surface area contributed by atoms with Crippen molar-refractivity contribution in [2.45, 2.75) is 33.6 Å². The molecule has 0 amide bonds. The van der Waals surface area contributed by atoms with Gasteiger partial charge in [-0.15, -0.1) is 0 Å². The third-order valence-corrected chi connectivity index (χ3v) is 3.62. The Kier molecular flexibility index (Phi) is 6.80. The maximum Gasteiger partial charge on any atom is 0.0453 e. The van der Waals surface area contributed by atoms with E-state index in [9.17, 15) is 0 Å². The summed E-state index contributed by atoms with van der Waals surface area (Å²) in [5.41, 5.74) is 6.09. The van der Waals surface area contributed by atoms with E-state index in [4.69, 9.17) is 0 Å². The predicted octanol–water partition coefficient (Wildman–Crippen LogP) is 5.10. The van der Waals surface area contributed by atoms with Gasteiger partial charge < -0.3 is 10.6 Å². The number of hydrogen-bond acceptors (Lipinski definition) is 2. The van der Waals surface area contributed by atoms with Crippen molar-refractivity contribution in [2.24, 2.45) is 5.92 Å². The average molecular weight is 284 g/mol. The molecule has 0 aliphatic heterocycles. The normalized spacial score (nSPS) is 11.4. The fourth-order valence-corrected chi connectivity index (χ4v) is 2.19. The van der Waals surface area contributed by atoms with Gasteiger partial charge in [0.05, 0.1) is 0 Å². The van der Waals surface area contributed by atoms with Gasteiger partial charge >= 0.3 is 0 Å². The van der Waals surface area contributed by atoms with Crippen LogP contribution in [0.25, 0.3) is 6.08 Å². The second kappa shape index (κ2) is 8.35. The highest BCUT2D eigenvalue weighted by Crippen LogP contribution is 2.26. The quantitative estimate of drug-likeness (QED) is 0.693. The monoisotopic (exact) mass is 284 g/mol. The number of anilines is 1. The van der Waals surface area contributed by atoms with E-state index in [1.807, 2.05) is 7.05 Å². The highest BCUT2D eigenvalue weighted by molar-refractivity contribution is 5.69. The Morgan fingerprint density at radius 1 is 1.29 bits per heavy atom. The topological polar surface area (TPSA) is 24.1 Å². The average Bonchev–Trinajstić information content (AvgIpc) is 2.45. The van der Waals surface area contributed by atoms with E-state index in [-0.39, 0.29) is 0 Å². The largest absolute Gasteiger partial charge is 0.392 e. The van der Waals surface area contributed by atoms with Crippen LogP contribution in [0.4, 0.5) is 5.69 Å². The van der Waals surface area contributed by atoms with Crippen LogP contribution in [0.15, 0.2) is 48.8 Å². The zero-order valence-electron chi connectivity index (χ0n) is 13.8. The van der Waals surface area contributed by atoms with Crippen molar-refractivity contribution in [3.8, 4) is 0 Å². The molecule has 0 aromatic heterocycles. The number of hydrogen-bond donors (Lipinski definition) is 2. The Bertz CT molecular complexity index is 524. The van der Waals surface area contributed by atoms with Gasteiger partial charge in [0.15, 0.2) is 0 Å². The summed E-state index contributed by atoms with van der Waals surface area (Å²) < 4.78 is 0. The first-order valence-electron chi connectivity index (χ1n) is 7.52. The summed E-state index contributed by atoms with van der Waals surface area (Å²) in [7, 11) is 1.92. The number of nitrogens with one attached hydrogen (secondary N) is 2. The number of allylic oxidation sites excluding steroid dienone is 2. The van der Waals surface area contributed by atoms with Crippen molar-refractivity contribution in [2.75, 3.05) is 12.4 Å². The first-order chi connectivity index (χ1) is 9.97. The minimum atomic E-state index is 0.520. The molecule has 1 aromatic rings. The van der Waals surface area contributed by atoms with Gasteiger partial charge in [0.25, 0.3) is 0 Å². The third-order valence-electron chi connectivity index (χ3n) is 3.62. The summed E-state index contributed by atoms with van der Waals surface area (Å²) in [4.78, 5) is 0. The lowest BCUT2D eigenvalue weighted by Crippen LogP contribution is -2.05. The molecule has 0 unspecified atom stereocenters. The molecule has 0 aliphatic carbocycles.